The Morgan fingerprint density at radius 3 is 2.86 bits per heavy atom. The van der Waals surface area contributed by atoms with Crippen molar-refractivity contribution in [3.8, 4) is 11.3 Å². The van der Waals surface area contributed by atoms with Gasteiger partial charge >= 0.3 is 0 Å². The topological polar surface area (TPSA) is 67.4 Å². The van der Waals surface area contributed by atoms with Crippen LogP contribution in [0, 0.1) is 6.92 Å². The van der Waals surface area contributed by atoms with Crippen LogP contribution in [0.4, 0.5) is 0 Å². The smallest absolute Gasteiger partial charge is 0.252 e. The van der Waals surface area contributed by atoms with Gasteiger partial charge in [-0.15, -0.1) is 0 Å². The molecule has 1 amide bonds. The van der Waals surface area contributed by atoms with Crippen LogP contribution in [0.3, 0.4) is 0 Å². The first kappa shape index (κ1) is 18.5. The normalized spacial score (nSPS) is 14.9. The first-order chi connectivity index (χ1) is 13.7. The number of hydrogen-bond acceptors (Lipinski definition) is 5. The second-order valence-electron chi connectivity index (χ2n) is 7.03. The van der Waals surface area contributed by atoms with Crippen molar-refractivity contribution in [2.24, 2.45) is 0 Å². The van der Waals surface area contributed by atoms with E-state index in [1.54, 1.807) is 12.4 Å². The van der Waals surface area contributed by atoms with E-state index in [1.165, 1.54) is 0 Å². The van der Waals surface area contributed by atoms with Gasteiger partial charge in [0.15, 0.2) is 0 Å². The summed E-state index contributed by atoms with van der Waals surface area (Å²) in [6.45, 7) is 6.81. The maximum absolute atomic E-state index is 13.0. The Labute approximate surface area is 164 Å². The largest absolute Gasteiger partial charge is 0.379 e. The highest BCUT2D eigenvalue weighted by Crippen LogP contribution is 2.25. The number of fused-ring (bicyclic) bond motifs is 1. The van der Waals surface area contributed by atoms with E-state index >= 15 is 0 Å². The number of rotatable bonds is 5. The molecule has 1 aromatic carbocycles. The van der Waals surface area contributed by atoms with Gasteiger partial charge in [0.2, 0.25) is 0 Å². The molecule has 1 saturated heterocycles. The Bertz CT molecular complexity index is 969. The summed E-state index contributed by atoms with van der Waals surface area (Å²) in [5.74, 6) is -0.0728. The van der Waals surface area contributed by atoms with Crippen LogP contribution in [0.15, 0.2) is 48.8 Å². The van der Waals surface area contributed by atoms with Crippen LogP contribution in [0.5, 0.6) is 0 Å². The molecule has 0 saturated carbocycles. The van der Waals surface area contributed by atoms with Crippen LogP contribution in [-0.2, 0) is 4.74 Å². The minimum absolute atomic E-state index is 0.0728. The molecule has 0 radical (unpaired) electrons. The SMILES string of the molecule is Cc1ccc2nc(-c3cccnc3)cc(C(=O)NCCN3CCOCC3)c2c1. The number of nitrogens with zero attached hydrogens (tertiary/aromatic N) is 3. The summed E-state index contributed by atoms with van der Waals surface area (Å²) in [5.41, 5.74) is 4.21. The number of aryl methyl sites for hydroxylation is 1. The van der Waals surface area contributed by atoms with E-state index in [9.17, 15) is 4.79 Å². The highest BCUT2D eigenvalue weighted by Gasteiger charge is 2.15. The third-order valence-electron chi connectivity index (χ3n) is 4.98. The third kappa shape index (κ3) is 4.18. The Balaban J connectivity index is 1.60. The quantitative estimate of drug-likeness (QED) is 0.742. The van der Waals surface area contributed by atoms with Gasteiger partial charge in [0, 0.05) is 49.5 Å². The average molecular weight is 376 g/mol. The fourth-order valence-electron chi connectivity index (χ4n) is 3.44. The number of carbonyl (C=O) groups is 1. The fraction of sp³-hybridized carbons (Fsp3) is 0.318. The lowest BCUT2D eigenvalue weighted by molar-refractivity contribution is 0.0383. The standard InChI is InChI=1S/C22H24N4O2/c1-16-4-5-20-18(13-16)19(14-21(25-20)17-3-2-6-23-15-17)22(27)24-7-8-26-9-11-28-12-10-26/h2-6,13-15H,7-12H2,1H3,(H,24,27). The molecule has 28 heavy (non-hydrogen) atoms. The van der Waals surface area contributed by atoms with Crippen LogP contribution in [0.2, 0.25) is 0 Å². The van der Waals surface area contributed by atoms with Crippen molar-refractivity contribution in [2.75, 3.05) is 39.4 Å². The predicted molar refractivity (Wildman–Crippen MR) is 109 cm³/mol. The first-order valence-electron chi connectivity index (χ1n) is 9.61. The number of amides is 1. The molecule has 0 unspecified atom stereocenters. The molecule has 0 bridgehead atoms. The number of nitrogens with one attached hydrogen (secondary N) is 1. The molecule has 0 aliphatic carbocycles. The molecule has 4 rings (SSSR count). The molecule has 1 N–H and O–H groups in total. The fourth-order valence-corrected chi connectivity index (χ4v) is 3.44. The maximum Gasteiger partial charge on any atom is 0.252 e. The van der Waals surface area contributed by atoms with Gasteiger partial charge in [-0.3, -0.25) is 14.7 Å². The van der Waals surface area contributed by atoms with E-state index in [0.717, 1.165) is 60.6 Å². The molecule has 6 heteroatoms. The summed E-state index contributed by atoms with van der Waals surface area (Å²) >= 11 is 0. The number of aromatic nitrogens is 2. The van der Waals surface area contributed by atoms with Crippen molar-refractivity contribution >= 4 is 16.8 Å². The van der Waals surface area contributed by atoms with Gasteiger partial charge in [0.05, 0.1) is 30.0 Å². The van der Waals surface area contributed by atoms with Gasteiger partial charge in [-0.05, 0) is 37.3 Å². The maximum atomic E-state index is 13.0. The zero-order valence-electron chi connectivity index (χ0n) is 16.0. The monoisotopic (exact) mass is 376 g/mol. The molecular weight excluding hydrogens is 352 g/mol. The summed E-state index contributed by atoms with van der Waals surface area (Å²) in [6, 6.07) is 11.7. The van der Waals surface area contributed by atoms with Crippen molar-refractivity contribution in [3.63, 3.8) is 0 Å². The molecule has 2 aromatic heterocycles. The van der Waals surface area contributed by atoms with Gasteiger partial charge < -0.3 is 10.1 Å². The van der Waals surface area contributed by atoms with E-state index in [-0.39, 0.29) is 5.91 Å². The molecule has 1 aliphatic heterocycles. The number of morpholine rings is 1. The number of hydrogen-bond donors (Lipinski definition) is 1. The Morgan fingerprint density at radius 1 is 1.21 bits per heavy atom. The molecular formula is C22H24N4O2. The number of ether oxygens (including phenoxy) is 1. The summed E-state index contributed by atoms with van der Waals surface area (Å²) < 4.78 is 5.37. The molecule has 0 spiro atoms. The Kier molecular flexibility index (Phi) is 5.60. The predicted octanol–water partition coefficient (Wildman–Crippen LogP) is 2.67. The van der Waals surface area contributed by atoms with Crippen molar-refractivity contribution < 1.29 is 9.53 Å². The lowest BCUT2D eigenvalue weighted by atomic mass is 10.0. The highest BCUT2D eigenvalue weighted by atomic mass is 16.5. The average Bonchev–Trinajstić information content (AvgIpc) is 2.74. The van der Waals surface area contributed by atoms with E-state index in [4.69, 9.17) is 9.72 Å². The molecule has 144 valence electrons. The number of pyridine rings is 2. The minimum Gasteiger partial charge on any atom is -0.379 e. The molecule has 0 atom stereocenters. The molecule has 1 aliphatic rings. The van der Waals surface area contributed by atoms with Crippen molar-refractivity contribution in [3.05, 3.63) is 59.9 Å². The summed E-state index contributed by atoms with van der Waals surface area (Å²) in [5, 5.41) is 3.94. The van der Waals surface area contributed by atoms with Crippen LogP contribution in [-0.4, -0.2) is 60.2 Å². The van der Waals surface area contributed by atoms with Gasteiger partial charge in [0.1, 0.15) is 0 Å². The summed E-state index contributed by atoms with van der Waals surface area (Å²) in [4.78, 5) is 24.2. The van der Waals surface area contributed by atoms with Gasteiger partial charge in [0.25, 0.3) is 5.91 Å². The first-order valence-corrected chi connectivity index (χ1v) is 9.61. The Hall–Kier alpha value is -2.83. The van der Waals surface area contributed by atoms with E-state index < -0.39 is 0 Å². The minimum atomic E-state index is -0.0728. The lowest BCUT2D eigenvalue weighted by Gasteiger charge is -2.26. The number of benzene rings is 1. The van der Waals surface area contributed by atoms with Crippen molar-refractivity contribution in [1.29, 1.82) is 0 Å². The molecule has 6 nitrogen and oxygen atoms in total. The van der Waals surface area contributed by atoms with Crippen molar-refractivity contribution in [1.82, 2.24) is 20.2 Å². The molecule has 3 heterocycles. The zero-order chi connectivity index (χ0) is 19.3. The Morgan fingerprint density at radius 2 is 2.07 bits per heavy atom. The van der Waals surface area contributed by atoms with Gasteiger partial charge in [-0.25, -0.2) is 4.98 Å². The molecule has 3 aromatic rings. The molecule has 1 fully saturated rings. The van der Waals surface area contributed by atoms with Crippen LogP contribution < -0.4 is 5.32 Å². The second kappa shape index (κ2) is 8.46. The summed E-state index contributed by atoms with van der Waals surface area (Å²) in [6.07, 6.45) is 3.50. The van der Waals surface area contributed by atoms with Crippen LogP contribution >= 0.6 is 0 Å². The second-order valence-corrected chi connectivity index (χ2v) is 7.03. The van der Waals surface area contributed by atoms with E-state index in [1.807, 2.05) is 43.3 Å². The third-order valence-corrected chi connectivity index (χ3v) is 4.98. The lowest BCUT2D eigenvalue weighted by Crippen LogP contribution is -2.41. The summed E-state index contributed by atoms with van der Waals surface area (Å²) in [7, 11) is 0. The van der Waals surface area contributed by atoms with Crippen LogP contribution in [0.1, 0.15) is 15.9 Å². The van der Waals surface area contributed by atoms with Gasteiger partial charge in [-0.2, -0.15) is 0 Å². The van der Waals surface area contributed by atoms with Gasteiger partial charge in [-0.1, -0.05) is 11.6 Å². The zero-order valence-corrected chi connectivity index (χ0v) is 16.0. The number of carbonyl (C=O) groups excluding carboxylic acids is 1. The highest BCUT2D eigenvalue weighted by molar-refractivity contribution is 6.07. The van der Waals surface area contributed by atoms with Crippen molar-refractivity contribution in [2.45, 2.75) is 6.92 Å². The van der Waals surface area contributed by atoms with E-state index in [0.29, 0.717) is 12.1 Å². The van der Waals surface area contributed by atoms with E-state index in [2.05, 4.69) is 15.2 Å². The van der Waals surface area contributed by atoms with Crippen LogP contribution in [0.25, 0.3) is 22.2 Å².